The van der Waals surface area contributed by atoms with Gasteiger partial charge in [-0.1, -0.05) is 6.92 Å². The highest BCUT2D eigenvalue weighted by Crippen LogP contribution is 2.37. The average molecular weight is 221 g/mol. The Hall–Kier alpha value is -1.22. The zero-order valence-electron chi connectivity index (χ0n) is 10.1. The smallest absolute Gasteiger partial charge is 0.124 e. The third-order valence-electron chi connectivity index (χ3n) is 3.19. The summed E-state index contributed by atoms with van der Waals surface area (Å²) in [7, 11) is 3.68. The van der Waals surface area contributed by atoms with Crippen LogP contribution in [0, 0.1) is 0 Å². The molecule has 1 aromatic carbocycles. The topological polar surface area (TPSA) is 30.5 Å². The van der Waals surface area contributed by atoms with Crippen molar-refractivity contribution in [3.05, 3.63) is 23.8 Å². The zero-order valence-corrected chi connectivity index (χ0v) is 10.1. The first-order valence-corrected chi connectivity index (χ1v) is 5.80. The van der Waals surface area contributed by atoms with Gasteiger partial charge in [0.1, 0.15) is 17.6 Å². The van der Waals surface area contributed by atoms with Crippen LogP contribution in [-0.4, -0.2) is 20.3 Å². The molecule has 0 spiro atoms. The number of benzene rings is 1. The average Bonchev–Trinajstić information content (AvgIpc) is 2.36. The van der Waals surface area contributed by atoms with Crippen LogP contribution in [0.1, 0.15) is 31.4 Å². The molecule has 88 valence electrons. The molecule has 0 bridgehead atoms. The van der Waals surface area contributed by atoms with Gasteiger partial charge in [-0.05, 0) is 31.7 Å². The van der Waals surface area contributed by atoms with Crippen molar-refractivity contribution in [2.45, 2.75) is 31.9 Å². The summed E-state index contributed by atoms with van der Waals surface area (Å²) in [6, 6.07) is 6.37. The Balaban J connectivity index is 2.34. The number of methoxy groups -OCH3 is 1. The van der Waals surface area contributed by atoms with Gasteiger partial charge in [-0.15, -0.1) is 0 Å². The Bertz CT molecular complexity index is 365. The highest BCUT2D eigenvalue weighted by molar-refractivity contribution is 5.43. The van der Waals surface area contributed by atoms with Crippen molar-refractivity contribution < 1.29 is 9.47 Å². The van der Waals surface area contributed by atoms with Crippen molar-refractivity contribution in [3.63, 3.8) is 0 Å². The summed E-state index contributed by atoms with van der Waals surface area (Å²) in [5.74, 6) is 1.87. The summed E-state index contributed by atoms with van der Waals surface area (Å²) in [4.78, 5) is 0. The Kier molecular flexibility index (Phi) is 3.34. The van der Waals surface area contributed by atoms with E-state index in [1.807, 2.05) is 19.2 Å². The largest absolute Gasteiger partial charge is 0.497 e. The van der Waals surface area contributed by atoms with Gasteiger partial charge in [-0.3, -0.25) is 0 Å². The second kappa shape index (κ2) is 4.74. The molecule has 2 rings (SSSR count). The van der Waals surface area contributed by atoms with E-state index < -0.39 is 0 Å². The fourth-order valence-electron chi connectivity index (χ4n) is 2.17. The second-order valence-electron chi connectivity index (χ2n) is 4.13. The molecule has 0 saturated heterocycles. The molecule has 1 heterocycles. The molecule has 1 aliphatic rings. The summed E-state index contributed by atoms with van der Waals surface area (Å²) in [5.41, 5.74) is 1.20. The van der Waals surface area contributed by atoms with E-state index in [0.717, 1.165) is 24.3 Å². The molecule has 16 heavy (non-hydrogen) atoms. The van der Waals surface area contributed by atoms with E-state index in [-0.39, 0.29) is 0 Å². The van der Waals surface area contributed by atoms with Gasteiger partial charge in [-0.2, -0.15) is 0 Å². The summed E-state index contributed by atoms with van der Waals surface area (Å²) in [6.45, 7) is 2.16. The van der Waals surface area contributed by atoms with Crippen molar-refractivity contribution in [2.24, 2.45) is 0 Å². The summed E-state index contributed by atoms with van der Waals surface area (Å²) in [6.07, 6.45) is 2.38. The van der Waals surface area contributed by atoms with E-state index in [1.165, 1.54) is 5.56 Å². The second-order valence-corrected chi connectivity index (χ2v) is 4.13. The van der Waals surface area contributed by atoms with Gasteiger partial charge < -0.3 is 14.8 Å². The van der Waals surface area contributed by atoms with Crippen LogP contribution in [0.4, 0.5) is 0 Å². The molecule has 1 N–H and O–H groups in total. The van der Waals surface area contributed by atoms with Crippen molar-refractivity contribution >= 4 is 0 Å². The summed E-state index contributed by atoms with van der Waals surface area (Å²) < 4.78 is 11.2. The van der Waals surface area contributed by atoms with Gasteiger partial charge in [-0.25, -0.2) is 0 Å². The minimum absolute atomic E-state index is 0.318. The Morgan fingerprint density at radius 2 is 2.31 bits per heavy atom. The van der Waals surface area contributed by atoms with Crippen molar-refractivity contribution in [2.75, 3.05) is 14.2 Å². The number of hydrogen-bond acceptors (Lipinski definition) is 3. The third-order valence-corrected chi connectivity index (χ3v) is 3.19. The van der Waals surface area contributed by atoms with Crippen LogP contribution < -0.4 is 14.8 Å². The molecule has 3 heteroatoms. The Morgan fingerprint density at radius 3 is 2.94 bits per heavy atom. The molecule has 1 aliphatic heterocycles. The van der Waals surface area contributed by atoms with E-state index in [1.54, 1.807) is 7.11 Å². The molecular weight excluding hydrogens is 202 g/mol. The van der Waals surface area contributed by atoms with E-state index in [4.69, 9.17) is 9.47 Å². The van der Waals surface area contributed by atoms with Crippen LogP contribution >= 0.6 is 0 Å². The van der Waals surface area contributed by atoms with Crippen LogP contribution in [-0.2, 0) is 0 Å². The van der Waals surface area contributed by atoms with Crippen LogP contribution in [0.25, 0.3) is 0 Å². The molecule has 0 fully saturated rings. The Labute approximate surface area is 96.8 Å². The zero-order chi connectivity index (χ0) is 11.5. The van der Waals surface area contributed by atoms with Crippen molar-refractivity contribution in [3.8, 4) is 11.5 Å². The molecule has 0 aromatic heterocycles. The van der Waals surface area contributed by atoms with Gasteiger partial charge in [0.2, 0.25) is 0 Å². The minimum Gasteiger partial charge on any atom is -0.497 e. The molecule has 0 saturated carbocycles. The first-order chi connectivity index (χ1) is 7.78. The first-order valence-electron chi connectivity index (χ1n) is 5.80. The number of nitrogens with one attached hydrogen (secondary N) is 1. The molecule has 0 amide bonds. The molecular formula is C13H19NO2. The molecule has 2 atom stereocenters. The predicted octanol–water partition coefficient (Wildman–Crippen LogP) is 2.52. The highest BCUT2D eigenvalue weighted by atomic mass is 16.5. The predicted molar refractivity (Wildman–Crippen MR) is 64.1 cm³/mol. The lowest BCUT2D eigenvalue weighted by molar-refractivity contribution is 0.148. The number of rotatable bonds is 3. The monoisotopic (exact) mass is 221 g/mol. The normalized spacial score (nSPS) is 23.4. The lowest BCUT2D eigenvalue weighted by Crippen LogP contribution is -2.30. The highest BCUT2D eigenvalue weighted by Gasteiger charge is 2.26. The van der Waals surface area contributed by atoms with Gasteiger partial charge >= 0.3 is 0 Å². The first kappa shape index (κ1) is 11.3. The molecule has 2 unspecified atom stereocenters. The van der Waals surface area contributed by atoms with Crippen LogP contribution in [0.5, 0.6) is 11.5 Å². The molecule has 0 aliphatic carbocycles. The molecule has 0 radical (unpaired) electrons. The number of ether oxygens (including phenoxy) is 2. The summed E-state index contributed by atoms with van der Waals surface area (Å²) in [5, 5.41) is 3.34. The maximum atomic E-state index is 5.92. The molecule has 3 nitrogen and oxygen atoms in total. The number of hydrogen-bond donors (Lipinski definition) is 1. The SMILES string of the molecule is CCC1CC(NC)c2cc(OC)ccc2O1. The lowest BCUT2D eigenvalue weighted by Gasteiger charge is -2.31. The minimum atomic E-state index is 0.318. The molecule has 1 aromatic rings. The maximum Gasteiger partial charge on any atom is 0.124 e. The van der Waals surface area contributed by atoms with Crippen LogP contribution in [0.2, 0.25) is 0 Å². The maximum absolute atomic E-state index is 5.92. The van der Waals surface area contributed by atoms with Crippen LogP contribution in [0.15, 0.2) is 18.2 Å². The van der Waals surface area contributed by atoms with E-state index in [0.29, 0.717) is 12.1 Å². The lowest BCUT2D eigenvalue weighted by atomic mass is 9.95. The Morgan fingerprint density at radius 1 is 1.50 bits per heavy atom. The van der Waals surface area contributed by atoms with Gasteiger partial charge in [0.25, 0.3) is 0 Å². The van der Waals surface area contributed by atoms with Gasteiger partial charge in [0.15, 0.2) is 0 Å². The fraction of sp³-hybridized carbons (Fsp3) is 0.538. The number of fused-ring (bicyclic) bond motifs is 1. The summed E-state index contributed by atoms with van der Waals surface area (Å²) >= 11 is 0. The fourth-order valence-corrected chi connectivity index (χ4v) is 2.17. The van der Waals surface area contributed by atoms with Gasteiger partial charge in [0.05, 0.1) is 7.11 Å². The van der Waals surface area contributed by atoms with Gasteiger partial charge in [0, 0.05) is 18.0 Å². The van der Waals surface area contributed by atoms with E-state index in [2.05, 4.69) is 18.3 Å². The van der Waals surface area contributed by atoms with Crippen molar-refractivity contribution in [1.82, 2.24) is 5.32 Å². The van der Waals surface area contributed by atoms with E-state index in [9.17, 15) is 0 Å². The quantitative estimate of drug-likeness (QED) is 0.850. The van der Waals surface area contributed by atoms with Crippen molar-refractivity contribution in [1.29, 1.82) is 0 Å². The third kappa shape index (κ3) is 2.00. The van der Waals surface area contributed by atoms with E-state index >= 15 is 0 Å². The standard InChI is InChI=1S/C13H19NO2/c1-4-9-8-12(14-2)11-7-10(15-3)5-6-13(11)16-9/h5-7,9,12,14H,4,8H2,1-3H3. The van der Waals surface area contributed by atoms with Crippen LogP contribution in [0.3, 0.4) is 0 Å².